The van der Waals surface area contributed by atoms with Crippen molar-refractivity contribution in [3.8, 4) is 6.07 Å². The SMILES string of the molecule is Cc1ccccc1CN1CCCN(C(=O)CSCc2ccc(C#N)cc2)CC1. The molecule has 0 aromatic heterocycles. The summed E-state index contributed by atoms with van der Waals surface area (Å²) in [5.41, 5.74) is 4.53. The van der Waals surface area contributed by atoms with E-state index in [0.29, 0.717) is 11.3 Å². The lowest BCUT2D eigenvalue weighted by atomic mass is 10.1. The topological polar surface area (TPSA) is 47.3 Å². The van der Waals surface area contributed by atoms with Crippen LogP contribution in [0.15, 0.2) is 48.5 Å². The third-order valence-corrected chi connectivity index (χ3v) is 6.16. The van der Waals surface area contributed by atoms with Crippen LogP contribution in [0.5, 0.6) is 0 Å². The van der Waals surface area contributed by atoms with Crippen molar-refractivity contribution < 1.29 is 4.79 Å². The van der Waals surface area contributed by atoms with Crippen molar-refractivity contribution in [3.05, 3.63) is 70.8 Å². The molecule has 28 heavy (non-hydrogen) atoms. The largest absolute Gasteiger partial charge is 0.341 e. The van der Waals surface area contributed by atoms with Crippen molar-refractivity contribution in [2.75, 3.05) is 31.9 Å². The van der Waals surface area contributed by atoms with Crippen molar-refractivity contribution in [1.29, 1.82) is 5.26 Å². The van der Waals surface area contributed by atoms with Gasteiger partial charge in [0, 0.05) is 38.5 Å². The third-order valence-electron chi connectivity index (χ3n) is 5.17. The lowest BCUT2D eigenvalue weighted by Crippen LogP contribution is -2.36. The zero-order valence-corrected chi connectivity index (χ0v) is 17.3. The molecule has 1 fully saturated rings. The number of thioether (sulfide) groups is 1. The molecule has 3 rings (SSSR count). The van der Waals surface area contributed by atoms with Crippen molar-refractivity contribution in [2.24, 2.45) is 0 Å². The van der Waals surface area contributed by atoms with E-state index < -0.39 is 0 Å². The van der Waals surface area contributed by atoms with Crippen LogP contribution in [0.1, 0.15) is 28.7 Å². The molecule has 0 bridgehead atoms. The fraction of sp³-hybridized carbons (Fsp3) is 0.391. The third kappa shape index (κ3) is 5.85. The molecule has 0 atom stereocenters. The van der Waals surface area contributed by atoms with Crippen LogP contribution in [0.25, 0.3) is 0 Å². The molecule has 1 aliphatic heterocycles. The number of benzene rings is 2. The monoisotopic (exact) mass is 393 g/mol. The molecular formula is C23H27N3OS. The van der Waals surface area contributed by atoms with Gasteiger partial charge in [-0.2, -0.15) is 5.26 Å². The van der Waals surface area contributed by atoms with Gasteiger partial charge in [0.1, 0.15) is 0 Å². The number of rotatable bonds is 6. The molecule has 4 nitrogen and oxygen atoms in total. The van der Waals surface area contributed by atoms with E-state index in [4.69, 9.17) is 5.26 Å². The first-order chi connectivity index (χ1) is 13.7. The number of hydrogen-bond donors (Lipinski definition) is 0. The fourth-order valence-electron chi connectivity index (χ4n) is 3.43. The average molecular weight is 394 g/mol. The van der Waals surface area contributed by atoms with Gasteiger partial charge in [0.2, 0.25) is 5.91 Å². The Morgan fingerprint density at radius 3 is 2.61 bits per heavy atom. The standard InChI is InChI=1S/C23H27N3OS/c1-19-5-2-3-6-22(19)16-25-11-4-12-26(14-13-25)23(27)18-28-17-21-9-7-20(15-24)8-10-21/h2-3,5-10H,4,11-14,16-18H2,1H3. The van der Waals surface area contributed by atoms with Gasteiger partial charge in [-0.3, -0.25) is 9.69 Å². The maximum absolute atomic E-state index is 12.6. The van der Waals surface area contributed by atoms with E-state index in [-0.39, 0.29) is 5.91 Å². The Balaban J connectivity index is 1.43. The number of amides is 1. The summed E-state index contributed by atoms with van der Waals surface area (Å²) >= 11 is 1.65. The first-order valence-electron chi connectivity index (χ1n) is 9.77. The average Bonchev–Trinajstić information content (AvgIpc) is 2.96. The highest BCUT2D eigenvalue weighted by Gasteiger charge is 2.19. The summed E-state index contributed by atoms with van der Waals surface area (Å²) in [6.07, 6.45) is 1.03. The summed E-state index contributed by atoms with van der Waals surface area (Å²) in [6, 6.07) is 18.2. The Bertz CT molecular complexity index is 828. The number of hydrogen-bond acceptors (Lipinski definition) is 4. The molecule has 1 saturated heterocycles. The van der Waals surface area contributed by atoms with E-state index in [1.807, 2.05) is 29.2 Å². The number of nitriles is 1. The Labute approximate surface area is 172 Å². The molecule has 146 valence electrons. The first kappa shape index (κ1) is 20.4. The van der Waals surface area contributed by atoms with Crippen LogP contribution in [0.3, 0.4) is 0 Å². The minimum absolute atomic E-state index is 0.233. The molecule has 0 aliphatic carbocycles. The summed E-state index contributed by atoms with van der Waals surface area (Å²) in [4.78, 5) is 17.1. The molecule has 0 saturated carbocycles. The Morgan fingerprint density at radius 1 is 1.07 bits per heavy atom. The zero-order valence-electron chi connectivity index (χ0n) is 16.4. The molecule has 2 aromatic carbocycles. The second kappa shape index (κ2) is 10.3. The van der Waals surface area contributed by atoms with E-state index in [2.05, 4.69) is 42.2 Å². The van der Waals surface area contributed by atoms with Crippen LogP contribution in [0.2, 0.25) is 0 Å². The van der Waals surface area contributed by atoms with E-state index in [9.17, 15) is 4.79 Å². The Hall–Kier alpha value is -2.29. The van der Waals surface area contributed by atoms with Gasteiger partial charge >= 0.3 is 0 Å². The summed E-state index contributed by atoms with van der Waals surface area (Å²) in [7, 11) is 0. The van der Waals surface area contributed by atoms with Gasteiger partial charge in [-0.1, -0.05) is 36.4 Å². The van der Waals surface area contributed by atoms with Crippen LogP contribution in [-0.2, 0) is 17.1 Å². The second-order valence-corrected chi connectivity index (χ2v) is 8.22. The molecule has 0 unspecified atom stereocenters. The molecule has 1 heterocycles. The van der Waals surface area contributed by atoms with Crippen LogP contribution in [0.4, 0.5) is 0 Å². The van der Waals surface area contributed by atoms with Crippen LogP contribution >= 0.6 is 11.8 Å². The Morgan fingerprint density at radius 2 is 1.86 bits per heavy atom. The number of aryl methyl sites for hydroxylation is 1. The first-order valence-corrected chi connectivity index (χ1v) is 10.9. The lowest BCUT2D eigenvalue weighted by molar-refractivity contribution is -0.128. The van der Waals surface area contributed by atoms with Crippen LogP contribution in [-0.4, -0.2) is 47.6 Å². The molecule has 1 aliphatic rings. The predicted molar refractivity (Wildman–Crippen MR) is 115 cm³/mol. The minimum Gasteiger partial charge on any atom is -0.341 e. The second-order valence-electron chi connectivity index (χ2n) is 7.24. The van der Waals surface area contributed by atoms with Crippen LogP contribution in [0, 0.1) is 18.3 Å². The highest BCUT2D eigenvalue weighted by Crippen LogP contribution is 2.16. The molecule has 1 amide bonds. The zero-order chi connectivity index (χ0) is 19.8. The summed E-state index contributed by atoms with van der Waals surface area (Å²) in [6.45, 7) is 6.75. The van der Waals surface area contributed by atoms with Gasteiger partial charge in [-0.25, -0.2) is 0 Å². The minimum atomic E-state index is 0.233. The molecule has 5 heteroatoms. The fourth-order valence-corrected chi connectivity index (χ4v) is 4.32. The molecule has 2 aromatic rings. The lowest BCUT2D eigenvalue weighted by Gasteiger charge is -2.22. The quantitative estimate of drug-likeness (QED) is 0.748. The molecule has 0 N–H and O–H groups in total. The normalized spacial score (nSPS) is 15.1. The van der Waals surface area contributed by atoms with E-state index in [1.165, 1.54) is 11.1 Å². The van der Waals surface area contributed by atoms with Gasteiger partial charge in [-0.15, -0.1) is 11.8 Å². The number of carbonyl (C=O) groups is 1. The predicted octanol–water partition coefficient (Wildman–Crippen LogP) is 3.83. The number of nitrogens with zero attached hydrogens (tertiary/aromatic N) is 3. The molecular weight excluding hydrogens is 366 g/mol. The summed E-state index contributed by atoms with van der Waals surface area (Å²) in [5.74, 6) is 1.54. The molecule has 0 radical (unpaired) electrons. The van der Waals surface area contributed by atoms with Crippen molar-refractivity contribution in [3.63, 3.8) is 0 Å². The Kier molecular flexibility index (Phi) is 7.53. The van der Waals surface area contributed by atoms with Gasteiger partial charge in [0.25, 0.3) is 0 Å². The van der Waals surface area contributed by atoms with E-state index >= 15 is 0 Å². The maximum atomic E-state index is 12.6. The summed E-state index contributed by atoms with van der Waals surface area (Å²) in [5, 5.41) is 8.85. The van der Waals surface area contributed by atoms with Gasteiger partial charge in [0.15, 0.2) is 0 Å². The van der Waals surface area contributed by atoms with E-state index in [0.717, 1.165) is 50.5 Å². The van der Waals surface area contributed by atoms with Crippen molar-refractivity contribution >= 4 is 17.7 Å². The van der Waals surface area contributed by atoms with Crippen molar-refractivity contribution in [1.82, 2.24) is 9.80 Å². The van der Waals surface area contributed by atoms with Crippen LogP contribution < -0.4 is 0 Å². The number of carbonyl (C=O) groups excluding carboxylic acids is 1. The summed E-state index contributed by atoms with van der Waals surface area (Å²) < 4.78 is 0. The highest BCUT2D eigenvalue weighted by molar-refractivity contribution is 7.99. The van der Waals surface area contributed by atoms with Gasteiger partial charge in [-0.05, 0) is 42.2 Å². The highest BCUT2D eigenvalue weighted by atomic mass is 32.2. The molecule has 0 spiro atoms. The van der Waals surface area contributed by atoms with Gasteiger partial charge in [0.05, 0.1) is 17.4 Å². The maximum Gasteiger partial charge on any atom is 0.232 e. The van der Waals surface area contributed by atoms with E-state index in [1.54, 1.807) is 11.8 Å². The van der Waals surface area contributed by atoms with Gasteiger partial charge < -0.3 is 4.90 Å². The smallest absolute Gasteiger partial charge is 0.232 e. The van der Waals surface area contributed by atoms with Crippen molar-refractivity contribution in [2.45, 2.75) is 25.6 Å².